The van der Waals surface area contributed by atoms with E-state index in [0.717, 1.165) is 6.42 Å². The number of nitrogens with zero attached hydrogens (tertiary/aromatic N) is 4. The Bertz CT molecular complexity index is 1010. The molecule has 0 bridgehead atoms. The number of imide groups is 3. The Kier molecular flexibility index (Phi) is 9.62. The van der Waals surface area contributed by atoms with E-state index in [1.54, 1.807) is 0 Å². The van der Waals surface area contributed by atoms with Crippen LogP contribution in [0.3, 0.4) is 0 Å². The number of amides is 6. The molecule has 38 heavy (non-hydrogen) atoms. The van der Waals surface area contributed by atoms with E-state index in [9.17, 15) is 28.8 Å². The number of hydrogen-bond donors (Lipinski definition) is 0. The normalized spacial score (nSPS) is 23.4. The van der Waals surface area contributed by atoms with Gasteiger partial charge in [0.25, 0.3) is 11.8 Å². The standard InChI is InChI=1S/C28H42N4O6/c1-7-19(6)22-16-25(35)32(28(22)38)13-10-29(8-11-30-23(33)14-20(17(2)3)26(30)36)9-12-31-24(34)15-21(18(4)5)27(31)37/h14,17-19,21-22H,7-13,15-16H2,1-6H3. The predicted molar refractivity (Wildman–Crippen MR) is 140 cm³/mol. The zero-order chi connectivity index (χ0) is 28.3. The summed E-state index contributed by atoms with van der Waals surface area (Å²) in [6, 6.07) is 0. The van der Waals surface area contributed by atoms with Crippen molar-refractivity contribution in [2.24, 2.45) is 29.6 Å². The largest absolute Gasteiger partial charge is 0.298 e. The van der Waals surface area contributed by atoms with Crippen LogP contribution in [0, 0.1) is 29.6 Å². The molecule has 3 aliphatic rings. The molecule has 3 heterocycles. The molecule has 3 rings (SSSR count). The first-order chi connectivity index (χ1) is 17.9. The van der Waals surface area contributed by atoms with Crippen LogP contribution in [0.2, 0.25) is 0 Å². The van der Waals surface area contributed by atoms with Gasteiger partial charge in [-0.3, -0.25) is 48.4 Å². The van der Waals surface area contributed by atoms with Crippen LogP contribution in [-0.4, -0.2) is 94.3 Å². The quantitative estimate of drug-likeness (QED) is 0.333. The van der Waals surface area contributed by atoms with E-state index in [1.807, 2.05) is 46.4 Å². The number of likely N-dealkylation sites (tertiary alicyclic amines) is 2. The highest BCUT2D eigenvalue weighted by atomic mass is 16.2. The van der Waals surface area contributed by atoms with E-state index < -0.39 is 0 Å². The van der Waals surface area contributed by atoms with Gasteiger partial charge in [-0.05, 0) is 17.8 Å². The maximum atomic E-state index is 12.9. The Morgan fingerprint density at radius 1 is 0.763 bits per heavy atom. The van der Waals surface area contributed by atoms with Crippen LogP contribution in [0.1, 0.15) is 60.8 Å². The second-order valence-corrected chi connectivity index (χ2v) is 11.4. The van der Waals surface area contributed by atoms with Crippen molar-refractivity contribution >= 4 is 35.4 Å². The van der Waals surface area contributed by atoms with Crippen LogP contribution in [0.5, 0.6) is 0 Å². The molecule has 0 aromatic carbocycles. The third-order valence-corrected chi connectivity index (χ3v) is 8.27. The Labute approximate surface area is 225 Å². The van der Waals surface area contributed by atoms with Gasteiger partial charge in [0.05, 0.1) is 0 Å². The highest BCUT2D eigenvalue weighted by molar-refractivity contribution is 6.16. The number of rotatable bonds is 13. The topological polar surface area (TPSA) is 115 Å². The van der Waals surface area contributed by atoms with Crippen molar-refractivity contribution in [3.8, 4) is 0 Å². The van der Waals surface area contributed by atoms with Gasteiger partial charge >= 0.3 is 0 Å². The van der Waals surface area contributed by atoms with Gasteiger partial charge in [0, 0.05) is 75.6 Å². The van der Waals surface area contributed by atoms with Gasteiger partial charge in [-0.15, -0.1) is 0 Å². The molecule has 3 unspecified atom stereocenters. The number of hydrogen-bond acceptors (Lipinski definition) is 7. The second-order valence-electron chi connectivity index (χ2n) is 11.4. The van der Waals surface area contributed by atoms with Crippen molar-refractivity contribution in [1.82, 2.24) is 19.6 Å². The van der Waals surface area contributed by atoms with E-state index in [2.05, 4.69) is 0 Å². The third kappa shape index (κ3) is 6.22. The summed E-state index contributed by atoms with van der Waals surface area (Å²) >= 11 is 0. The molecule has 0 aromatic rings. The lowest BCUT2D eigenvalue weighted by molar-refractivity contribution is -0.140. The van der Waals surface area contributed by atoms with Crippen molar-refractivity contribution < 1.29 is 28.8 Å². The van der Waals surface area contributed by atoms with Crippen LogP contribution in [0.25, 0.3) is 0 Å². The minimum atomic E-state index is -0.357. The first-order valence-corrected chi connectivity index (χ1v) is 13.8. The van der Waals surface area contributed by atoms with Crippen molar-refractivity contribution in [2.45, 2.75) is 60.8 Å². The summed E-state index contributed by atoms with van der Waals surface area (Å²) in [5, 5.41) is 0. The van der Waals surface area contributed by atoms with Crippen molar-refractivity contribution in [2.75, 3.05) is 39.3 Å². The van der Waals surface area contributed by atoms with Crippen molar-refractivity contribution in [3.63, 3.8) is 0 Å². The highest BCUT2D eigenvalue weighted by Crippen LogP contribution is 2.29. The van der Waals surface area contributed by atoms with E-state index >= 15 is 0 Å². The van der Waals surface area contributed by atoms with Crippen LogP contribution in [0.15, 0.2) is 11.6 Å². The molecule has 2 saturated heterocycles. The van der Waals surface area contributed by atoms with Gasteiger partial charge in [0.1, 0.15) is 0 Å². The van der Waals surface area contributed by atoms with Gasteiger partial charge < -0.3 is 0 Å². The van der Waals surface area contributed by atoms with Crippen molar-refractivity contribution in [3.05, 3.63) is 11.6 Å². The maximum Gasteiger partial charge on any atom is 0.257 e. The third-order valence-electron chi connectivity index (χ3n) is 8.27. The SMILES string of the molecule is CCC(C)C1CC(=O)N(CCN(CCN2C(=O)C=C(C(C)C)C2=O)CCN2C(=O)CC(C(C)C)C2=O)C1=O. The molecular formula is C28H42N4O6. The molecule has 0 N–H and O–H groups in total. The average Bonchev–Trinajstić information content (AvgIpc) is 3.43. The van der Waals surface area contributed by atoms with Gasteiger partial charge in [-0.2, -0.15) is 0 Å². The zero-order valence-electron chi connectivity index (χ0n) is 23.6. The molecule has 0 aromatic heterocycles. The summed E-state index contributed by atoms with van der Waals surface area (Å²) in [6.45, 7) is 13.0. The monoisotopic (exact) mass is 530 g/mol. The summed E-state index contributed by atoms with van der Waals surface area (Å²) in [5.74, 6) is -1.93. The highest BCUT2D eigenvalue weighted by Gasteiger charge is 2.42. The van der Waals surface area contributed by atoms with Crippen LogP contribution >= 0.6 is 0 Å². The average molecular weight is 531 g/mol. The molecule has 10 nitrogen and oxygen atoms in total. The lowest BCUT2D eigenvalue weighted by Gasteiger charge is -2.28. The van der Waals surface area contributed by atoms with Gasteiger partial charge in [-0.25, -0.2) is 0 Å². The summed E-state index contributed by atoms with van der Waals surface area (Å²) in [6.07, 6.45) is 2.59. The molecule has 10 heteroatoms. The fourth-order valence-corrected chi connectivity index (χ4v) is 5.35. The lowest BCUT2D eigenvalue weighted by atomic mass is 9.90. The zero-order valence-corrected chi connectivity index (χ0v) is 23.6. The minimum absolute atomic E-state index is 0.0630. The molecule has 0 aliphatic carbocycles. The van der Waals surface area contributed by atoms with E-state index in [-0.39, 0.29) is 97.5 Å². The molecular weight excluding hydrogens is 488 g/mol. The van der Waals surface area contributed by atoms with Crippen LogP contribution in [0.4, 0.5) is 0 Å². The number of carbonyl (C=O) groups excluding carboxylic acids is 6. The number of carbonyl (C=O) groups is 6. The molecule has 3 aliphatic heterocycles. The predicted octanol–water partition coefficient (Wildman–Crippen LogP) is 1.69. The van der Waals surface area contributed by atoms with Gasteiger partial charge in [0.15, 0.2) is 0 Å². The fourth-order valence-electron chi connectivity index (χ4n) is 5.35. The lowest BCUT2D eigenvalue weighted by Crippen LogP contribution is -2.46. The van der Waals surface area contributed by atoms with Gasteiger partial charge in [-0.1, -0.05) is 48.0 Å². The Morgan fingerprint density at radius 3 is 1.66 bits per heavy atom. The van der Waals surface area contributed by atoms with Crippen LogP contribution < -0.4 is 0 Å². The Morgan fingerprint density at radius 2 is 1.24 bits per heavy atom. The van der Waals surface area contributed by atoms with E-state index in [0.29, 0.717) is 25.2 Å². The Balaban J connectivity index is 1.67. The summed E-state index contributed by atoms with van der Waals surface area (Å²) in [5.41, 5.74) is 0.471. The minimum Gasteiger partial charge on any atom is -0.298 e. The van der Waals surface area contributed by atoms with Crippen molar-refractivity contribution in [1.29, 1.82) is 0 Å². The first-order valence-electron chi connectivity index (χ1n) is 13.8. The molecule has 3 atom stereocenters. The second kappa shape index (κ2) is 12.3. The molecule has 0 saturated carbocycles. The fraction of sp³-hybridized carbons (Fsp3) is 0.714. The van der Waals surface area contributed by atoms with Gasteiger partial charge in [0.2, 0.25) is 23.6 Å². The molecule has 210 valence electrons. The first kappa shape index (κ1) is 29.7. The van der Waals surface area contributed by atoms with Crippen LogP contribution in [-0.2, 0) is 28.8 Å². The summed E-state index contributed by atoms with van der Waals surface area (Å²) in [4.78, 5) is 81.7. The molecule has 0 spiro atoms. The maximum absolute atomic E-state index is 12.9. The Hall–Kier alpha value is -2.88. The smallest absolute Gasteiger partial charge is 0.257 e. The van der Waals surface area contributed by atoms with E-state index in [4.69, 9.17) is 0 Å². The molecule has 2 fully saturated rings. The molecule has 0 radical (unpaired) electrons. The summed E-state index contributed by atoms with van der Waals surface area (Å²) < 4.78 is 0. The summed E-state index contributed by atoms with van der Waals surface area (Å²) in [7, 11) is 0. The van der Waals surface area contributed by atoms with E-state index in [1.165, 1.54) is 20.8 Å². The molecule has 6 amide bonds.